The molecule has 1 unspecified atom stereocenters. The van der Waals surface area contributed by atoms with Crippen molar-refractivity contribution >= 4 is 5.78 Å². The summed E-state index contributed by atoms with van der Waals surface area (Å²) in [5.74, 6) is 0.528. The molecule has 0 radical (unpaired) electrons. The monoisotopic (exact) mass is 327 g/mol. The second-order valence-electron chi connectivity index (χ2n) is 7.56. The maximum Gasteiger partial charge on any atom is 0.174 e. The van der Waals surface area contributed by atoms with E-state index < -0.39 is 17.1 Å². The van der Waals surface area contributed by atoms with Crippen molar-refractivity contribution < 1.29 is 19.7 Å². The number of hydrogen-bond acceptors (Lipinski definition) is 5. The number of hydrogen-bond donors (Lipinski definition) is 2. The number of ether oxygens (including phenoxy) is 1. The summed E-state index contributed by atoms with van der Waals surface area (Å²) in [7, 11) is 0. The van der Waals surface area contributed by atoms with Gasteiger partial charge in [-0.1, -0.05) is 12.1 Å². The van der Waals surface area contributed by atoms with Crippen molar-refractivity contribution in [3.8, 4) is 11.5 Å². The van der Waals surface area contributed by atoms with Crippen LogP contribution < -0.4 is 4.74 Å². The number of likely N-dealkylation sites (tertiary alicyclic amines) is 1. The number of aliphatic hydroxyl groups is 1. The minimum Gasteiger partial charge on any atom is -0.504 e. The smallest absolute Gasteiger partial charge is 0.174 e. The lowest BCUT2D eigenvalue weighted by atomic mass is 9.49. The second kappa shape index (κ2) is 4.41. The van der Waals surface area contributed by atoms with Gasteiger partial charge in [0.1, 0.15) is 0 Å². The molecule has 2 heterocycles. The van der Waals surface area contributed by atoms with Crippen molar-refractivity contribution in [2.45, 2.75) is 48.8 Å². The standard InChI is InChI=1S/C19H21NO4/c1-2-8-20-9-7-18-15-11-3-4-12(21)16(15)24-17(18)13(22)5-6-19(18,23)14(20)10-11/h2-4,14,17,21,23H,1,5-10H2/t14?,17-,18-,19+/m1/s1. The van der Waals surface area contributed by atoms with Gasteiger partial charge in [-0.15, -0.1) is 6.58 Å². The molecular weight excluding hydrogens is 306 g/mol. The number of ketones is 1. The Bertz CT molecular complexity index is 775. The minimum absolute atomic E-state index is 0.0408. The van der Waals surface area contributed by atoms with Crippen LogP contribution >= 0.6 is 0 Å². The van der Waals surface area contributed by atoms with E-state index in [0.29, 0.717) is 31.4 Å². The van der Waals surface area contributed by atoms with Crippen molar-refractivity contribution in [1.29, 1.82) is 0 Å². The Morgan fingerprint density at radius 2 is 2.25 bits per heavy atom. The summed E-state index contributed by atoms with van der Waals surface area (Å²) in [6, 6.07) is 3.52. The molecule has 5 nitrogen and oxygen atoms in total. The normalized spacial score (nSPS) is 39.3. The van der Waals surface area contributed by atoms with Crippen molar-refractivity contribution in [2.75, 3.05) is 13.1 Å². The zero-order valence-electron chi connectivity index (χ0n) is 13.5. The molecule has 24 heavy (non-hydrogen) atoms. The van der Waals surface area contributed by atoms with Crippen LogP contribution in [-0.2, 0) is 16.6 Å². The molecule has 2 fully saturated rings. The molecule has 0 amide bonds. The third-order valence-corrected chi connectivity index (χ3v) is 6.73. The predicted octanol–water partition coefficient (Wildman–Crippen LogP) is 1.30. The molecule has 0 aromatic heterocycles. The highest BCUT2D eigenvalue weighted by atomic mass is 16.5. The molecule has 1 aromatic carbocycles. The molecule has 2 N–H and O–H groups in total. The molecule has 1 saturated carbocycles. The topological polar surface area (TPSA) is 70.0 Å². The lowest BCUT2D eigenvalue weighted by Crippen LogP contribution is -2.76. The van der Waals surface area contributed by atoms with E-state index in [-0.39, 0.29) is 17.6 Å². The molecule has 2 aliphatic carbocycles. The molecule has 4 atom stereocenters. The maximum absolute atomic E-state index is 12.6. The van der Waals surface area contributed by atoms with Crippen LogP contribution in [0.4, 0.5) is 0 Å². The molecule has 5 rings (SSSR count). The lowest BCUT2D eigenvalue weighted by Gasteiger charge is -2.62. The van der Waals surface area contributed by atoms with Crippen LogP contribution in [0.3, 0.4) is 0 Å². The third-order valence-electron chi connectivity index (χ3n) is 6.73. The Morgan fingerprint density at radius 3 is 3.04 bits per heavy atom. The summed E-state index contributed by atoms with van der Waals surface area (Å²) < 4.78 is 5.98. The van der Waals surface area contributed by atoms with Gasteiger partial charge in [0.2, 0.25) is 0 Å². The second-order valence-corrected chi connectivity index (χ2v) is 7.56. The zero-order valence-corrected chi connectivity index (χ0v) is 13.5. The van der Waals surface area contributed by atoms with Crippen LogP contribution in [0.2, 0.25) is 0 Å². The summed E-state index contributed by atoms with van der Waals surface area (Å²) in [4.78, 5) is 14.9. The van der Waals surface area contributed by atoms with E-state index in [2.05, 4.69) is 11.5 Å². The van der Waals surface area contributed by atoms with E-state index in [1.54, 1.807) is 6.07 Å². The van der Waals surface area contributed by atoms with Crippen LogP contribution in [0.5, 0.6) is 11.5 Å². The van der Waals surface area contributed by atoms with E-state index in [0.717, 1.165) is 24.2 Å². The largest absolute Gasteiger partial charge is 0.504 e. The first-order chi connectivity index (χ1) is 11.5. The molecular formula is C19H21NO4. The number of carbonyl (C=O) groups excluding carboxylic acids is 1. The van der Waals surface area contributed by atoms with Crippen LogP contribution in [-0.4, -0.2) is 51.7 Å². The number of Topliss-reactive ketones (excluding diaryl/α,β-unsaturated/α-hetero) is 1. The summed E-state index contributed by atoms with van der Waals surface area (Å²) in [6.07, 6.45) is 3.35. The first-order valence-electron chi connectivity index (χ1n) is 8.65. The van der Waals surface area contributed by atoms with Crippen LogP contribution in [0.1, 0.15) is 30.4 Å². The highest BCUT2D eigenvalue weighted by Gasteiger charge is 2.72. The average Bonchev–Trinajstić information content (AvgIpc) is 2.91. The minimum atomic E-state index is -1.00. The first-order valence-corrected chi connectivity index (χ1v) is 8.65. The predicted molar refractivity (Wildman–Crippen MR) is 87.3 cm³/mol. The summed E-state index contributed by atoms with van der Waals surface area (Å²) in [6.45, 7) is 5.36. The highest BCUT2D eigenvalue weighted by molar-refractivity contribution is 5.90. The van der Waals surface area contributed by atoms with Gasteiger partial charge in [0.15, 0.2) is 23.4 Å². The fourth-order valence-electron chi connectivity index (χ4n) is 5.80. The third kappa shape index (κ3) is 1.38. The van der Waals surface area contributed by atoms with Gasteiger partial charge < -0.3 is 14.9 Å². The average molecular weight is 327 g/mol. The number of aromatic hydroxyl groups is 1. The number of nitrogens with zero attached hydrogens (tertiary/aromatic N) is 1. The van der Waals surface area contributed by atoms with E-state index in [1.165, 1.54) is 0 Å². The summed E-state index contributed by atoms with van der Waals surface area (Å²) in [5.41, 5.74) is 0.256. The van der Waals surface area contributed by atoms with E-state index in [1.807, 2.05) is 12.1 Å². The Balaban J connectivity index is 1.80. The van der Waals surface area contributed by atoms with Crippen LogP contribution in [0.15, 0.2) is 24.8 Å². The van der Waals surface area contributed by atoms with Gasteiger partial charge in [-0.05, 0) is 30.9 Å². The summed E-state index contributed by atoms with van der Waals surface area (Å²) >= 11 is 0. The van der Waals surface area contributed by atoms with Crippen molar-refractivity contribution in [3.05, 3.63) is 35.9 Å². The molecule has 5 heteroatoms. The van der Waals surface area contributed by atoms with Crippen molar-refractivity contribution in [3.63, 3.8) is 0 Å². The van der Waals surface area contributed by atoms with Crippen molar-refractivity contribution in [2.24, 2.45) is 0 Å². The fourth-order valence-corrected chi connectivity index (χ4v) is 5.80. The first kappa shape index (κ1) is 14.5. The Labute approximate surface area is 140 Å². The number of phenolic OH excluding ortho intramolecular Hbond substituents is 1. The van der Waals surface area contributed by atoms with E-state index >= 15 is 0 Å². The number of phenols is 1. The maximum atomic E-state index is 12.6. The number of rotatable bonds is 2. The van der Waals surface area contributed by atoms with Gasteiger partial charge in [0, 0.05) is 31.1 Å². The Morgan fingerprint density at radius 1 is 1.42 bits per heavy atom. The quantitative estimate of drug-likeness (QED) is 0.802. The molecule has 4 aliphatic rings. The highest BCUT2D eigenvalue weighted by Crippen LogP contribution is 2.64. The van der Waals surface area contributed by atoms with E-state index in [4.69, 9.17) is 4.74 Å². The number of carbonyl (C=O) groups is 1. The molecule has 2 bridgehead atoms. The van der Waals surface area contributed by atoms with Gasteiger partial charge in [-0.3, -0.25) is 9.69 Å². The van der Waals surface area contributed by atoms with Gasteiger partial charge >= 0.3 is 0 Å². The molecule has 1 saturated heterocycles. The van der Waals surface area contributed by atoms with Gasteiger partial charge in [-0.2, -0.15) is 0 Å². The van der Waals surface area contributed by atoms with Gasteiger partial charge in [0.25, 0.3) is 0 Å². The van der Waals surface area contributed by atoms with Gasteiger partial charge in [-0.25, -0.2) is 0 Å². The lowest BCUT2D eigenvalue weighted by molar-refractivity contribution is -0.187. The molecule has 1 aromatic rings. The zero-order chi connectivity index (χ0) is 16.7. The molecule has 1 spiro atoms. The van der Waals surface area contributed by atoms with E-state index in [9.17, 15) is 15.0 Å². The SMILES string of the molecule is C=CCN1CC[C@@]23c4c5ccc(O)c4O[C@@H]2C(=O)CC[C@]3(O)C1C5. The van der Waals surface area contributed by atoms with Crippen LogP contribution in [0, 0.1) is 0 Å². The van der Waals surface area contributed by atoms with Crippen LogP contribution in [0.25, 0.3) is 0 Å². The number of piperidine rings is 1. The Kier molecular flexibility index (Phi) is 2.66. The molecule has 126 valence electrons. The number of benzene rings is 1. The summed E-state index contributed by atoms with van der Waals surface area (Å²) in [5, 5.41) is 22.1. The molecule has 2 aliphatic heterocycles. The Hall–Kier alpha value is -1.85. The van der Waals surface area contributed by atoms with Crippen molar-refractivity contribution in [1.82, 2.24) is 4.90 Å². The fraction of sp³-hybridized carbons (Fsp3) is 0.526. The van der Waals surface area contributed by atoms with Gasteiger partial charge in [0.05, 0.1) is 11.0 Å².